The third-order valence-electron chi connectivity index (χ3n) is 8.00. The summed E-state index contributed by atoms with van der Waals surface area (Å²) in [6, 6.07) is 17.2. The van der Waals surface area contributed by atoms with E-state index >= 15 is 0 Å². The number of hydrogen-bond acceptors (Lipinski definition) is 7. The van der Waals surface area contributed by atoms with Gasteiger partial charge in [-0.3, -0.25) is 4.99 Å². The van der Waals surface area contributed by atoms with Crippen LogP contribution in [0.3, 0.4) is 0 Å². The minimum atomic E-state index is 0.152. The van der Waals surface area contributed by atoms with Crippen molar-refractivity contribution in [3.63, 3.8) is 0 Å². The van der Waals surface area contributed by atoms with Crippen LogP contribution < -0.4 is 14.4 Å². The van der Waals surface area contributed by atoms with Gasteiger partial charge in [-0.25, -0.2) is 4.57 Å². The summed E-state index contributed by atoms with van der Waals surface area (Å²) in [5.74, 6) is 2.01. The number of aromatic nitrogens is 1. The molecule has 0 amide bonds. The highest BCUT2D eigenvalue weighted by Gasteiger charge is 2.07. The van der Waals surface area contributed by atoms with Crippen molar-refractivity contribution < 1.29 is 14.8 Å². The van der Waals surface area contributed by atoms with Gasteiger partial charge in [-0.05, 0) is 91.4 Å². The van der Waals surface area contributed by atoms with E-state index in [0.717, 1.165) is 60.2 Å². The number of hydrogen-bond donors (Lipinski definition) is 2. The molecule has 0 bridgehead atoms. The average Bonchev–Trinajstić information content (AvgIpc) is 3.10. The van der Waals surface area contributed by atoms with Crippen molar-refractivity contribution in [1.29, 1.82) is 0 Å². The molecule has 1 aromatic heterocycles. The van der Waals surface area contributed by atoms with Crippen LogP contribution >= 0.6 is 21.6 Å². The first-order valence-electron chi connectivity index (χ1n) is 16.8. The van der Waals surface area contributed by atoms with Crippen LogP contribution in [0.4, 0.5) is 11.4 Å². The lowest BCUT2D eigenvalue weighted by Crippen LogP contribution is -2.33. The van der Waals surface area contributed by atoms with E-state index in [1.807, 2.05) is 40.0 Å². The van der Waals surface area contributed by atoms with E-state index in [0.29, 0.717) is 13.1 Å². The number of allylic oxidation sites excluding steroid dienone is 4. The van der Waals surface area contributed by atoms with Crippen LogP contribution in [0.15, 0.2) is 96.3 Å². The molecule has 2 aromatic carbocycles. The summed E-state index contributed by atoms with van der Waals surface area (Å²) in [5, 5.41) is 18.6. The van der Waals surface area contributed by atoms with Crippen LogP contribution in [-0.4, -0.2) is 73.9 Å². The van der Waals surface area contributed by atoms with Gasteiger partial charge in [-0.15, -0.1) is 0 Å². The Kier molecular flexibility index (Phi) is 17.9. The van der Waals surface area contributed by atoms with E-state index in [9.17, 15) is 10.2 Å². The quantitative estimate of drug-likeness (QED) is 0.0395. The molecule has 3 rings (SSSR count). The third-order valence-corrected chi connectivity index (χ3v) is 10.4. The van der Waals surface area contributed by atoms with Gasteiger partial charge in [0.25, 0.3) is 0 Å². The van der Waals surface area contributed by atoms with Gasteiger partial charge in [0.15, 0.2) is 18.9 Å². The highest BCUT2D eigenvalue weighted by Crippen LogP contribution is 2.23. The molecule has 0 spiro atoms. The summed E-state index contributed by atoms with van der Waals surface area (Å²) in [6.45, 7) is 17.5. The van der Waals surface area contributed by atoms with Gasteiger partial charge in [-0.2, -0.15) is 0 Å². The molecule has 2 N–H and O–H groups in total. The highest BCUT2D eigenvalue weighted by molar-refractivity contribution is 8.76. The summed E-state index contributed by atoms with van der Waals surface area (Å²) >= 11 is 0. The molecule has 0 fully saturated rings. The number of benzene rings is 2. The molecule has 0 aliphatic heterocycles. The fourth-order valence-corrected chi connectivity index (χ4v) is 6.98. The van der Waals surface area contributed by atoms with Crippen LogP contribution in [0.1, 0.15) is 41.7 Å². The second-order valence-electron chi connectivity index (χ2n) is 11.3. The Labute approximate surface area is 296 Å². The third kappa shape index (κ3) is 13.2. The second-order valence-corrected chi connectivity index (χ2v) is 14.0. The predicted octanol–water partition coefficient (Wildman–Crippen LogP) is 7.68. The van der Waals surface area contributed by atoms with E-state index in [-0.39, 0.29) is 13.2 Å². The molecule has 48 heavy (non-hydrogen) atoms. The maximum atomic E-state index is 9.31. The van der Waals surface area contributed by atoms with Gasteiger partial charge < -0.3 is 20.0 Å². The zero-order chi connectivity index (χ0) is 34.6. The minimum absolute atomic E-state index is 0.152. The topological polar surface area (TPSA) is 63.2 Å². The van der Waals surface area contributed by atoms with Crippen LogP contribution in [0, 0.1) is 13.8 Å². The Morgan fingerprint density at radius 2 is 1.40 bits per heavy atom. The number of aliphatic hydroxyl groups is 2. The van der Waals surface area contributed by atoms with Crippen molar-refractivity contribution in [1.82, 2.24) is 0 Å². The largest absolute Gasteiger partial charge is 0.395 e. The van der Waals surface area contributed by atoms with Crippen LogP contribution in [0.2, 0.25) is 0 Å². The first-order valence-corrected chi connectivity index (χ1v) is 19.3. The van der Waals surface area contributed by atoms with E-state index in [1.165, 1.54) is 22.3 Å². The van der Waals surface area contributed by atoms with Crippen LogP contribution in [0.25, 0.3) is 18.2 Å². The number of pyridine rings is 1. The average molecular weight is 686 g/mol. The lowest BCUT2D eigenvalue weighted by molar-refractivity contribution is -0.692. The minimum Gasteiger partial charge on any atom is -0.395 e. The van der Waals surface area contributed by atoms with E-state index < -0.39 is 0 Å². The molecule has 0 saturated carbocycles. The smallest absolute Gasteiger partial charge is 0.169 e. The lowest BCUT2D eigenvalue weighted by Gasteiger charge is -2.22. The highest BCUT2D eigenvalue weighted by atomic mass is 33.1. The Morgan fingerprint density at radius 3 is 1.94 bits per heavy atom. The van der Waals surface area contributed by atoms with Crippen molar-refractivity contribution in [2.24, 2.45) is 4.99 Å². The van der Waals surface area contributed by atoms with Gasteiger partial charge in [-0.1, -0.05) is 70.7 Å². The maximum Gasteiger partial charge on any atom is 0.169 e. The molecular weight excluding hydrogens is 633 g/mol. The number of aliphatic hydroxyl groups excluding tert-OH is 2. The molecule has 0 aliphatic rings. The molecule has 256 valence electrons. The standard InChI is InChI=1S/C40H53N4O2S2/c1-6-35(9-11-37-13-15-39(31-33(37)4)43(7-2)24-27-45)17-20-41-21-29-47-48-30-26-42-22-18-36(19-23-42)10-12-38-14-16-40(32-34(38)5)44(8-3)25-28-46/h6,9-20,22-23,31-32,45-46H,1,7-8,21,24-30H2,2-5H3/q+1. The number of aryl methyl sites for hydroxylation is 3. The van der Waals surface area contributed by atoms with E-state index in [1.54, 1.807) is 0 Å². The molecule has 8 heteroatoms. The SMILES string of the molecule is C=CC(C=Cc1ccc(N(CC)CCO)cc1C)=CC=NCCSSCC[n+]1ccc(C=Cc2ccc(N(CC)CCO)cc2C)cc1. The van der Waals surface area contributed by atoms with Crippen LogP contribution in [0.5, 0.6) is 0 Å². The molecule has 6 nitrogen and oxygen atoms in total. The fourth-order valence-electron chi connectivity index (χ4n) is 5.12. The molecule has 0 atom stereocenters. The van der Waals surface area contributed by atoms with Crippen molar-refractivity contribution in [3.8, 4) is 0 Å². The summed E-state index contributed by atoms with van der Waals surface area (Å²) in [7, 11) is 3.75. The van der Waals surface area contributed by atoms with E-state index in [2.05, 4.69) is 139 Å². The number of nitrogens with zero attached hydrogens (tertiary/aromatic N) is 4. The van der Waals surface area contributed by atoms with Crippen LogP contribution in [-0.2, 0) is 6.54 Å². The molecule has 3 aromatic rings. The normalized spacial score (nSPS) is 12.1. The first kappa shape index (κ1) is 38.9. The summed E-state index contributed by atoms with van der Waals surface area (Å²) < 4.78 is 2.23. The molecule has 0 saturated heterocycles. The molecule has 0 aliphatic carbocycles. The fraction of sp³-hybridized carbons (Fsp3) is 0.350. The predicted molar refractivity (Wildman–Crippen MR) is 213 cm³/mol. The van der Waals surface area contributed by atoms with Crippen molar-refractivity contribution in [2.45, 2.75) is 34.2 Å². The molecule has 1 heterocycles. The Hall–Kier alpha value is -3.56. The number of likely N-dealkylation sites (N-methyl/N-ethyl adjacent to an activating group) is 2. The van der Waals surface area contributed by atoms with Gasteiger partial charge in [0, 0.05) is 68.2 Å². The Bertz CT molecular complexity index is 1530. The van der Waals surface area contributed by atoms with Crippen molar-refractivity contribution in [3.05, 3.63) is 119 Å². The van der Waals surface area contributed by atoms with Crippen molar-refractivity contribution in [2.75, 3.05) is 67.2 Å². The number of anilines is 2. The second kappa shape index (κ2) is 22.1. The van der Waals surface area contributed by atoms with Gasteiger partial charge in [0.05, 0.1) is 19.0 Å². The first-order chi connectivity index (χ1) is 23.4. The summed E-state index contributed by atoms with van der Waals surface area (Å²) in [4.78, 5) is 8.91. The van der Waals surface area contributed by atoms with Gasteiger partial charge in [0.1, 0.15) is 0 Å². The van der Waals surface area contributed by atoms with Crippen molar-refractivity contribution >= 4 is 57.4 Å². The Morgan fingerprint density at radius 1 is 0.812 bits per heavy atom. The monoisotopic (exact) mass is 685 g/mol. The molecule has 0 unspecified atom stereocenters. The molecule has 0 radical (unpaired) electrons. The number of aliphatic imine (C=N–C) groups is 1. The Balaban J connectivity index is 1.36. The lowest BCUT2D eigenvalue weighted by atomic mass is 10.1. The summed E-state index contributed by atoms with van der Waals surface area (Å²) in [6.07, 6.45) is 18.5. The summed E-state index contributed by atoms with van der Waals surface area (Å²) in [5.41, 5.74) is 9.27. The maximum absolute atomic E-state index is 9.31. The van der Waals surface area contributed by atoms with E-state index in [4.69, 9.17) is 0 Å². The molecular formula is C40H53N4O2S2+. The number of rotatable bonds is 21. The zero-order valence-electron chi connectivity index (χ0n) is 29.1. The zero-order valence-corrected chi connectivity index (χ0v) is 30.7. The van der Waals surface area contributed by atoms with Gasteiger partial charge >= 0.3 is 0 Å². The van der Waals surface area contributed by atoms with Gasteiger partial charge in [0.2, 0.25) is 0 Å².